The lowest BCUT2D eigenvalue weighted by molar-refractivity contribution is -0.142. The fourth-order valence-corrected chi connectivity index (χ4v) is 1.07. The first-order valence-electron chi connectivity index (χ1n) is 4.65. The maximum absolute atomic E-state index is 13.2. The first-order chi connectivity index (χ1) is 7.17. The molecule has 0 fully saturated rings. The number of hydrogen-bond donors (Lipinski definition) is 0. The van der Waals surface area contributed by atoms with Crippen LogP contribution in [0.25, 0.3) is 0 Å². The van der Waals surface area contributed by atoms with Gasteiger partial charge in [-0.15, -0.1) is 0 Å². The second-order valence-corrected chi connectivity index (χ2v) is 2.98. The average Bonchev–Trinajstić information content (AvgIpc) is 2.27. The van der Waals surface area contributed by atoms with Crippen LogP contribution in [0.3, 0.4) is 0 Å². The summed E-state index contributed by atoms with van der Waals surface area (Å²) in [6, 6.07) is 4.59. The molecule has 1 rings (SSSR count). The van der Waals surface area contributed by atoms with Gasteiger partial charge in [0, 0.05) is 0 Å². The van der Waals surface area contributed by atoms with Crippen molar-refractivity contribution in [3.63, 3.8) is 0 Å². The van der Waals surface area contributed by atoms with E-state index in [0.29, 0.717) is 0 Å². The van der Waals surface area contributed by atoms with Gasteiger partial charge in [0.1, 0.15) is 0 Å². The highest BCUT2D eigenvalue weighted by Crippen LogP contribution is 2.19. The molecule has 0 amide bonds. The molecule has 0 saturated carbocycles. The zero-order valence-electron chi connectivity index (χ0n) is 8.75. The highest BCUT2D eigenvalue weighted by Gasteiger charge is 2.07. The molecule has 0 aliphatic carbocycles. The number of esters is 1. The Balaban J connectivity index is 2.70. The molecule has 1 aromatic carbocycles. The predicted molar refractivity (Wildman–Crippen MR) is 53.3 cm³/mol. The highest BCUT2D eigenvalue weighted by molar-refractivity contribution is 5.70. The van der Waals surface area contributed by atoms with E-state index in [0.717, 1.165) is 12.0 Å². The second kappa shape index (κ2) is 5.34. The molecule has 0 bridgehead atoms. The van der Waals surface area contributed by atoms with Crippen LogP contribution < -0.4 is 4.74 Å². The third-order valence-corrected chi connectivity index (χ3v) is 1.98. The van der Waals surface area contributed by atoms with Crippen molar-refractivity contribution in [1.82, 2.24) is 0 Å². The Bertz CT molecular complexity index is 350. The number of ether oxygens (including phenoxy) is 2. The van der Waals surface area contributed by atoms with E-state index >= 15 is 0 Å². The maximum atomic E-state index is 13.2. The minimum absolute atomic E-state index is 0.0831. The number of hydrogen-bond acceptors (Lipinski definition) is 3. The van der Waals surface area contributed by atoms with E-state index in [9.17, 15) is 9.18 Å². The molecule has 0 atom stereocenters. The summed E-state index contributed by atoms with van der Waals surface area (Å²) in [5.41, 5.74) is 0.955. The molecule has 0 radical (unpaired) electrons. The van der Waals surface area contributed by atoms with Gasteiger partial charge in [-0.1, -0.05) is 13.0 Å². The molecule has 0 aliphatic heterocycles. The Morgan fingerprint density at radius 2 is 2.20 bits per heavy atom. The molecule has 0 saturated heterocycles. The standard InChI is InChI=1S/C11H13FO3/c1-3-8-4-5-9(12)10(6-8)15-7-11(13)14-2/h4-6H,3,7H2,1-2H3. The molecule has 0 aromatic heterocycles. The van der Waals surface area contributed by atoms with Gasteiger partial charge in [0.15, 0.2) is 18.2 Å². The molecule has 0 unspecified atom stereocenters. The van der Waals surface area contributed by atoms with E-state index in [-0.39, 0.29) is 12.4 Å². The minimum Gasteiger partial charge on any atom is -0.479 e. The lowest BCUT2D eigenvalue weighted by atomic mass is 10.1. The van der Waals surface area contributed by atoms with Crippen LogP contribution in [-0.2, 0) is 16.0 Å². The molecular formula is C11H13FO3. The molecule has 0 spiro atoms. The van der Waals surface area contributed by atoms with Crippen LogP contribution in [0.15, 0.2) is 18.2 Å². The van der Waals surface area contributed by atoms with E-state index in [1.807, 2.05) is 6.92 Å². The van der Waals surface area contributed by atoms with Gasteiger partial charge >= 0.3 is 5.97 Å². The molecule has 0 N–H and O–H groups in total. The SMILES string of the molecule is CCc1ccc(F)c(OCC(=O)OC)c1. The van der Waals surface area contributed by atoms with E-state index in [2.05, 4.69) is 4.74 Å². The summed E-state index contributed by atoms with van der Waals surface area (Å²) in [6.45, 7) is 1.68. The topological polar surface area (TPSA) is 35.5 Å². The Morgan fingerprint density at radius 1 is 1.47 bits per heavy atom. The number of halogens is 1. The van der Waals surface area contributed by atoms with Crippen molar-refractivity contribution >= 4 is 5.97 Å². The van der Waals surface area contributed by atoms with Gasteiger partial charge in [-0.2, -0.15) is 0 Å². The van der Waals surface area contributed by atoms with E-state index in [1.54, 1.807) is 12.1 Å². The number of carbonyl (C=O) groups excluding carboxylic acids is 1. The van der Waals surface area contributed by atoms with Crippen molar-refractivity contribution in [2.75, 3.05) is 13.7 Å². The fourth-order valence-electron chi connectivity index (χ4n) is 1.07. The van der Waals surface area contributed by atoms with E-state index in [4.69, 9.17) is 4.74 Å². The van der Waals surface area contributed by atoms with Crippen molar-refractivity contribution < 1.29 is 18.7 Å². The van der Waals surface area contributed by atoms with Crippen LogP contribution in [0.1, 0.15) is 12.5 Å². The van der Waals surface area contributed by atoms with Gasteiger partial charge < -0.3 is 9.47 Å². The summed E-state index contributed by atoms with van der Waals surface area (Å²) < 4.78 is 22.5. The van der Waals surface area contributed by atoms with Gasteiger partial charge in [-0.3, -0.25) is 0 Å². The van der Waals surface area contributed by atoms with Crippen molar-refractivity contribution in [2.45, 2.75) is 13.3 Å². The zero-order valence-corrected chi connectivity index (χ0v) is 8.75. The molecule has 0 aliphatic rings. The minimum atomic E-state index is -0.531. The molecule has 1 aromatic rings. The van der Waals surface area contributed by atoms with Gasteiger partial charge in [-0.05, 0) is 24.1 Å². The third-order valence-electron chi connectivity index (χ3n) is 1.98. The van der Waals surface area contributed by atoms with Gasteiger partial charge in [0.05, 0.1) is 7.11 Å². The summed E-state index contributed by atoms with van der Waals surface area (Å²) in [6.07, 6.45) is 0.787. The van der Waals surface area contributed by atoms with Crippen LogP contribution in [0.4, 0.5) is 4.39 Å². The lowest BCUT2D eigenvalue weighted by Gasteiger charge is -2.07. The maximum Gasteiger partial charge on any atom is 0.343 e. The summed E-state index contributed by atoms with van der Waals surface area (Å²) in [5.74, 6) is -0.924. The number of aryl methyl sites for hydroxylation is 1. The molecule has 15 heavy (non-hydrogen) atoms. The van der Waals surface area contributed by atoms with Crippen LogP contribution in [0.5, 0.6) is 5.75 Å². The lowest BCUT2D eigenvalue weighted by Crippen LogP contribution is -2.13. The Labute approximate surface area is 87.8 Å². The van der Waals surface area contributed by atoms with Crippen molar-refractivity contribution in [1.29, 1.82) is 0 Å². The number of carbonyl (C=O) groups is 1. The summed E-state index contributed by atoms with van der Waals surface area (Å²) in [4.78, 5) is 10.8. The van der Waals surface area contributed by atoms with Crippen LogP contribution in [0, 0.1) is 5.82 Å². The fraction of sp³-hybridized carbons (Fsp3) is 0.364. The number of methoxy groups -OCH3 is 1. The zero-order chi connectivity index (χ0) is 11.3. The predicted octanol–water partition coefficient (Wildman–Crippen LogP) is 1.94. The van der Waals surface area contributed by atoms with Gasteiger partial charge in [0.25, 0.3) is 0 Å². The number of rotatable bonds is 4. The quantitative estimate of drug-likeness (QED) is 0.715. The molecular weight excluding hydrogens is 199 g/mol. The second-order valence-electron chi connectivity index (χ2n) is 2.98. The smallest absolute Gasteiger partial charge is 0.343 e. The summed E-state index contributed by atoms with van der Waals surface area (Å²) >= 11 is 0. The molecule has 3 nitrogen and oxygen atoms in total. The summed E-state index contributed by atoms with van der Waals surface area (Å²) in [5, 5.41) is 0. The van der Waals surface area contributed by atoms with E-state index < -0.39 is 11.8 Å². The van der Waals surface area contributed by atoms with Crippen molar-refractivity contribution in [3.05, 3.63) is 29.6 Å². The Hall–Kier alpha value is -1.58. The number of benzene rings is 1. The third kappa shape index (κ3) is 3.23. The van der Waals surface area contributed by atoms with Crippen molar-refractivity contribution in [2.24, 2.45) is 0 Å². The first kappa shape index (κ1) is 11.5. The van der Waals surface area contributed by atoms with E-state index in [1.165, 1.54) is 13.2 Å². The van der Waals surface area contributed by atoms with Crippen LogP contribution in [-0.4, -0.2) is 19.7 Å². The Kier molecular flexibility index (Phi) is 4.09. The highest BCUT2D eigenvalue weighted by atomic mass is 19.1. The van der Waals surface area contributed by atoms with Crippen LogP contribution >= 0.6 is 0 Å². The van der Waals surface area contributed by atoms with Crippen LogP contribution in [0.2, 0.25) is 0 Å². The van der Waals surface area contributed by atoms with Gasteiger partial charge in [0.2, 0.25) is 0 Å². The summed E-state index contributed by atoms with van der Waals surface area (Å²) in [7, 11) is 1.25. The first-order valence-corrected chi connectivity index (χ1v) is 4.65. The van der Waals surface area contributed by atoms with Crippen molar-refractivity contribution in [3.8, 4) is 5.75 Å². The largest absolute Gasteiger partial charge is 0.479 e. The Morgan fingerprint density at radius 3 is 2.80 bits per heavy atom. The molecule has 0 heterocycles. The average molecular weight is 212 g/mol. The molecule has 82 valence electrons. The molecule has 4 heteroatoms. The monoisotopic (exact) mass is 212 g/mol. The van der Waals surface area contributed by atoms with Gasteiger partial charge in [-0.25, -0.2) is 9.18 Å². The normalized spacial score (nSPS) is 9.80.